The molecule has 2 amide bonds. The molecule has 0 aromatic heterocycles. The number of carbonyl (C=O) groups is 2. The molecule has 0 heterocycles. The molecule has 172 valence electrons. The Morgan fingerprint density at radius 2 is 1.81 bits per heavy atom. The third kappa shape index (κ3) is 7.31. The number of nitrogens with zero attached hydrogens (tertiary/aromatic N) is 1. The summed E-state index contributed by atoms with van der Waals surface area (Å²) in [5.41, 5.74) is 1.88. The first kappa shape index (κ1) is 25.2. The molecule has 1 N–H and O–H groups in total. The Morgan fingerprint density at radius 3 is 2.50 bits per heavy atom. The molecule has 1 atom stereocenters. The first-order valence-electron chi connectivity index (χ1n) is 10.7. The van der Waals surface area contributed by atoms with Gasteiger partial charge in [0.05, 0.1) is 15.8 Å². The Bertz CT molecular complexity index is 951. The second kappa shape index (κ2) is 12.2. The molecule has 32 heavy (non-hydrogen) atoms. The average molecular weight is 514 g/mol. The van der Waals surface area contributed by atoms with E-state index < -0.39 is 6.04 Å². The SMILES string of the molecule is C[C@@H](C(=O)NC1CCCC1)N(Cc1cccc(Cl)c1)C(=O)CSCc1ccc(Cl)c(Cl)c1. The van der Waals surface area contributed by atoms with Gasteiger partial charge in [0.2, 0.25) is 11.8 Å². The highest BCUT2D eigenvalue weighted by Crippen LogP contribution is 2.25. The lowest BCUT2D eigenvalue weighted by Crippen LogP contribution is -2.50. The second-order valence-electron chi connectivity index (χ2n) is 8.06. The molecule has 0 radical (unpaired) electrons. The van der Waals surface area contributed by atoms with Crippen LogP contribution >= 0.6 is 46.6 Å². The van der Waals surface area contributed by atoms with Gasteiger partial charge in [-0.3, -0.25) is 9.59 Å². The van der Waals surface area contributed by atoms with E-state index >= 15 is 0 Å². The molecule has 1 fully saturated rings. The van der Waals surface area contributed by atoms with Crippen LogP contribution in [0.1, 0.15) is 43.7 Å². The molecule has 1 aliphatic carbocycles. The van der Waals surface area contributed by atoms with E-state index in [0.717, 1.165) is 36.8 Å². The van der Waals surface area contributed by atoms with Gasteiger partial charge in [-0.2, -0.15) is 0 Å². The number of thioether (sulfide) groups is 1. The number of carbonyl (C=O) groups excluding carboxylic acids is 2. The maximum Gasteiger partial charge on any atom is 0.242 e. The van der Waals surface area contributed by atoms with E-state index in [1.165, 1.54) is 11.8 Å². The molecule has 2 aromatic carbocycles. The molecule has 0 saturated heterocycles. The zero-order chi connectivity index (χ0) is 23.1. The van der Waals surface area contributed by atoms with E-state index in [-0.39, 0.29) is 23.6 Å². The second-order valence-corrected chi connectivity index (χ2v) is 10.3. The van der Waals surface area contributed by atoms with Crippen LogP contribution in [-0.2, 0) is 21.9 Å². The number of benzene rings is 2. The van der Waals surface area contributed by atoms with E-state index in [1.807, 2.05) is 30.3 Å². The Morgan fingerprint density at radius 1 is 1.06 bits per heavy atom. The lowest BCUT2D eigenvalue weighted by atomic mass is 10.1. The Hall–Kier alpha value is -1.40. The predicted octanol–water partition coefficient (Wildman–Crippen LogP) is 6.36. The summed E-state index contributed by atoms with van der Waals surface area (Å²) in [6, 6.07) is 12.5. The summed E-state index contributed by atoms with van der Waals surface area (Å²) in [4.78, 5) is 27.7. The largest absolute Gasteiger partial charge is 0.352 e. The normalized spacial score (nSPS) is 14.9. The smallest absolute Gasteiger partial charge is 0.242 e. The fourth-order valence-electron chi connectivity index (χ4n) is 3.78. The van der Waals surface area contributed by atoms with Gasteiger partial charge in [-0.05, 0) is 55.2 Å². The Balaban J connectivity index is 1.66. The topological polar surface area (TPSA) is 49.4 Å². The monoisotopic (exact) mass is 512 g/mol. The van der Waals surface area contributed by atoms with Crippen LogP contribution in [0.25, 0.3) is 0 Å². The molecule has 4 nitrogen and oxygen atoms in total. The van der Waals surface area contributed by atoms with E-state index in [0.29, 0.717) is 27.4 Å². The van der Waals surface area contributed by atoms with Gasteiger partial charge in [-0.15, -0.1) is 11.8 Å². The lowest BCUT2D eigenvalue weighted by molar-refractivity contribution is -0.138. The van der Waals surface area contributed by atoms with E-state index in [2.05, 4.69) is 5.32 Å². The van der Waals surface area contributed by atoms with Gasteiger partial charge in [0.1, 0.15) is 6.04 Å². The first-order chi connectivity index (χ1) is 15.3. The zero-order valence-corrected chi connectivity index (χ0v) is 21.0. The summed E-state index contributed by atoms with van der Waals surface area (Å²) >= 11 is 19.7. The molecule has 8 heteroatoms. The van der Waals surface area contributed by atoms with Gasteiger partial charge in [-0.1, -0.05) is 65.8 Å². The summed E-state index contributed by atoms with van der Waals surface area (Å²) in [5.74, 6) is 0.670. The Labute approximate surface area is 209 Å². The van der Waals surface area contributed by atoms with E-state index in [4.69, 9.17) is 34.8 Å². The molecule has 0 unspecified atom stereocenters. The van der Waals surface area contributed by atoms with Gasteiger partial charge >= 0.3 is 0 Å². The van der Waals surface area contributed by atoms with E-state index in [1.54, 1.807) is 24.0 Å². The standard InChI is InChI=1S/C24H27Cl3N2O2S/c1-16(24(31)28-20-7-2-3-8-20)29(13-17-5-4-6-19(25)11-17)23(30)15-32-14-18-9-10-21(26)22(27)12-18/h4-6,9-12,16,20H,2-3,7-8,13-15H2,1H3,(H,28,31)/t16-/m0/s1. The minimum Gasteiger partial charge on any atom is -0.352 e. The summed E-state index contributed by atoms with van der Waals surface area (Å²) < 4.78 is 0. The maximum absolute atomic E-state index is 13.2. The van der Waals surface area contributed by atoms with Crippen molar-refractivity contribution in [2.45, 2.75) is 57.0 Å². The summed E-state index contributed by atoms with van der Waals surface area (Å²) in [7, 11) is 0. The summed E-state index contributed by atoms with van der Waals surface area (Å²) in [6.07, 6.45) is 4.27. The molecule has 0 aliphatic heterocycles. The van der Waals surface area contributed by atoms with Crippen LogP contribution in [-0.4, -0.2) is 34.6 Å². The average Bonchev–Trinajstić information content (AvgIpc) is 3.27. The third-order valence-electron chi connectivity index (χ3n) is 5.59. The maximum atomic E-state index is 13.2. The number of hydrogen-bond acceptors (Lipinski definition) is 3. The van der Waals surface area contributed by atoms with Crippen LogP contribution in [0.15, 0.2) is 42.5 Å². The molecule has 0 bridgehead atoms. The summed E-state index contributed by atoms with van der Waals surface area (Å²) in [6.45, 7) is 2.11. The van der Waals surface area contributed by atoms with Crippen molar-refractivity contribution in [1.82, 2.24) is 10.2 Å². The van der Waals surface area contributed by atoms with Gasteiger partial charge in [0.25, 0.3) is 0 Å². The highest BCUT2D eigenvalue weighted by Gasteiger charge is 2.28. The van der Waals surface area contributed by atoms with Gasteiger partial charge in [0, 0.05) is 23.4 Å². The minimum absolute atomic E-state index is 0.0934. The lowest BCUT2D eigenvalue weighted by Gasteiger charge is -2.29. The zero-order valence-electron chi connectivity index (χ0n) is 18.0. The number of amides is 2. The minimum atomic E-state index is -0.576. The van der Waals surface area contributed by atoms with Gasteiger partial charge in [0.15, 0.2) is 0 Å². The van der Waals surface area contributed by atoms with Crippen LogP contribution in [0.4, 0.5) is 0 Å². The third-order valence-corrected chi connectivity index (χ3v) is 7.55. The van der Waals surface area contributed by atoms with Crippen LogP contribution in [0.2, 0.25) is 15.1 Å². The highest BCUT2D eigenvalue weighted by molar-refractivity contribution is 7.99. The van der Waals surface area contributed by atoms with Crippen molar-refractivity contribution in [2.24, 2.45) is 0 Å². The van der Waals surface area contributed by atoms with Crippen molar-refractivity contribution in [3.05, 3.63) is 68.7 Å². The fourth-order valence-corrected chi connectivity index (χ4v) is 5.17. The van der Waals surface area contributed by atoms with Crippen molar-refractivity contribution in [2.75, 3.05) is 5.75 Å². The van der Waals surface area contributed by atoms with Crippen molar-refractivity contribution >= 4 is 58.4 Å². The van der Waals surface area contributed by atoms with Crippen molar-refractivity contribution in [1.29, 1.82) is 0 Å². The number of hydrogen-bond donors (Lipinski definition) is 1. The fraction of sp³-hybridized carbons (Fsp3) is 0.417. The number of rotatable bonds is 9. The van der Waals surface area contributed by atoms with Crippen LogP contribution in [0.3, 0.4) is 0 Å². The van der Waals surface area contributed by atoms with Crippen molar-refractivity contribution in [3.63, 3.8) is 0 Å². The molecule has 1 aliphatic rings. The Kier molecular flexibility index (Phi) is 9.60. The van der Waals surface area contributed by atoms with Gasteiger partial charge in [-0.25, -0.2) is 0 Å². The predicted molar refractivity (Wildman–Crippen MR) is 134 cm³/mol. The van der Waals surface area contributed by atoms with Gasteiger partial charge < -0.3 is 10.2 Å². The summed E-state index contributed by atoms with van der Waals surface area (Å²) in [5, 5.41) is 4.72. The van der Waals surface area contributed by atoms with E-state index in [9.17, 15) is 9.59 Å². The first-order valence-corrected chi connectivity index (χ1v) is 13.0. The van der Waals surface area contributed by atoms with Crippen LogP contribution in [0, 0.1) is 0 Å². The molecule has 3 rings (SSSR count). The molecule has 2 aromatic rings. The van der Waals surface area contributed by atoms with Crippen LogP contribution in [0.5, 0.6) is 0 Å². The number of nitrogens with one attached hydrogen (secondary N) is 1. The van der Waals surface area contributed by atoms with Crippen molar-refractivity contribution in [3.8, 4) is 0 Å². The molecular formula is C24H27Cl3N2O2S. The molecule has 0 spiro atoms. The number of halogens is 3. The molecular weight excluding hydrogens is 487 g/mol. The molecule has 1 saturated carbocycles. The quantitative estimate of drug-likeness (QED) is 0.425. The highest BCUT2D eigenvalue weighted by atomic mass is 35.5. The van der Waals surface area contributed by atoms with Crippen molar-refractivity contribution < 1.29 is 9.59 Å². The van der Waals surface area contributed by atoms with Crippen LogP contribution < -0.4 is 5.32 Å².